The number of rotatable bonds is 3. The van der Waals surface area contributed by atoms with Crippen LogP contribution in [0.2, 0.25) is 0 Å². The Bertz CT molecular complexity index is 577. The van der Waals surface area contributed by atoms with Gasteiger partial charge in [0.25, 0.3) is 5.91 Å². The highest BCUT2D eigenvalue weighted by Gasteiger charge is 2.13. The number of carbonyl (C=O) groups excluding carboxylic acids is 1. The van der Waals surface area contributed by atoms with Crippen LogP contribution in [0.15, 0.2) is 30.3 Å². The Labute approximate surface area is 104 Å². The van der Waals surface area contributed by atoms with Crippen molar-refractivity contribution >= 4 is 11.6 Å². The number of hydrogen-bond donors (Lipinski definition) is 1. The Morgan fingerprint density at radius 3 is 2.78 bits per heavy atom. The fraction of sp³-hybridized carbons (Fsp3) is 0.231. The first-order chi connectivity index (χ1) is 8.61. The molecule has 1 N–H and O–H groups in total. The predicted octanol–water partition coefficient (Wildman–Crippen LogP) is 2.60. The molecule has 2 rings (SSSR count). The first kappa shape index (κ1) is 12.3. The van der Waals surface area contributed by atoms with Crippen molar-refractivity contribution in [1.29, 1.82) is 0 Å². The van der Waals surface area contributed by atoms with Crippen molar-refractivity contribution < 1.29 is 9.18 Å². The van der Waals surface area contributed by atoms with E-state index in [4.69, 9.17) is 0 Å². The fourth-order valence-electron chi connectivity index (χ4n) is 1.69. The number of benzene rings is 1. The van der Waals surface area contributed by atoms with Gasteiger partial charge in [-0.2, -0.15) is 5.10 Å². The normalized spacial score (nSPS) is 10.4. The molecule has 0 saturated carbocycles. The van der Waals surface area contributed by atoms with E-state index in [2.05, 4.69) is 10.4 Å². The minimum absolute atomic E-state index is 0.159. The fourth-order valence-corrected chi connectivity index (χ4v) is 1.69. The van der Waals surface area contributed by atoms with Crippen LogP contribution in [0.1, 0.15) is 23.1 Å². The summed E-state index contributed by atoms with van der Waals surface area (Å²) in [5.74, 6) is -0.868. The average molecular weight is 247 g/mol. The van der Waals surface area contributed by atoms with Gasteiger partial charge in [-0.05, 0) is 32.0 Å². The Morgan fingerprint density at radius 2 is 2.17 bits per heavy atom. The lowest BCUT2D eigenvalue weighted by molar-refractivity contribution is 0.102. The highest BCUT2D eigenvalue weighted by atomic mass is 19.1. The molecule has 5 heteroatoms. The highest BCUT2D eigenvalue weighted by Crippen LogP contribution is 2.14. The minimum atomic E-state index is -0.461. The number of aromatic nitrogens is 2. The molecule has 0 aliphatic heterocycles. The Hall–Kier alpha value is -2.17. The van der Waals surface area contributed by atoms with Crippen molar-refractivity contribution in [2.75, 3.05) is 5.32 Å². The molecule has 1 amide bonds. The summed E-state index contributed by atoms with van der Waals surface area (Å²) in [7, 11) is 0. The second-order valence-corrected chi connectivity index (χ2v) is 3.92. The average Bonchev–Trinajstić information content (AvgIpc) is 2.73. The highest BCUT2D eigenvalue weighted by molar-refractivity contribution is 6.02. The zero-order valence-corrected chi connectivity index (χ0v) is 10.3. The second-order valence-electron chi connectivity index (χ2n) is 3.92. The van der Waals surface area contributed by atoms with E-state index in [1.54, 1.807) is 22.9 Å². The van der Waals surface area contributed by atoms with E-state index in [1.165, 1.54) is 12.1 Å². The molecule has 0 spiro atoms. The number of hydrogen-bond acceptors (Lipinski definition) is 2. The monoisotopic (exact) mass is 247 g/mol. The summed E-state index contributed by atoms with van der Waals surface area (Å²) in [5.41, 5.74) is 1.35. The van der Waals surface area contributed by atoms with Crippen molar-refractivity contribution in [1.82, 2.24) is 9.78 Å². The summed E-state index contributed by atoms with van der Waals surface area (Å²) in [6.07, 6.45) is 0. The summed E-state index contributed by atoms with van der Waals surface area (Å²) < 4.78 is 15.1. The molecule has 0 unspecified atom stereocenters. The number of para-hydroxylation sites is 1. The first-order valence-electron chi connectivity index (χ1n) is 5.72. The smallest absolute Gasteiger partial charge is 0.276 e. The molecule has 0 aliphatic rings. The third kappa shape index (κ3) is 2.40. The second kappa shape index (κ2) is 5.00. The van der Waals surface area contributed by atoms with Crippen LogP contribution in [-0.4, -0.2) is 15.7 Å². The first-order valence-corrected chi connectivity index (χ1v) is 5.72. The van der Waals surface area contributed by atoms with Crippen LogP contribution in [0.25, 0.3) is 0 Å². The van der Waals surface area contributed by atoms with E-state index in [0.29, 0.717) is 6.54 Å². The van der Waals surface area contributed by atoms with Gasteiger partial charge in [0.1, 0.15) is 5.82 Å². The number of nitrogens with one attached hydrogen (secondary N) is 1. The van der Waals surface area contributed by atoms with Gasteiger partial charge in [-0.3, -0.25) is 9.48 Å². The topological polar surface area (TPSA) is 46.9 Å². The molecule has 0 fully saturated rings. The molecule has 2 aromatic rings. The third-order valence-electron chi connectivity index (χ3n) is 2.64. The summed E-state index contributed by atoms with van der Waals surface area (Å²) in [6, 6.07) is 7.72. The number of anilines is 1. The van der Waals surface area contributed by atoms with E-state index in [0.717, 1.165) is 5.69 Å². The van der Waals surface area contributed by atoms with E-state index in [-0.39, 0.29) is 11.4 Å². The van der Waals surface area contributed by atoms with Gasteiger partial charge in [-0.25, -0.2) is 4.39 Å². The zero-order valence-electron chi connectivity index (χ0n) is 10.3. The Kier molecular flexibility index (Phi) is 3.41. The number of carbonyl (C=O) groups is 1. The number of halogens is 1. The van der Waals surface area contributed by atoms with Gasteiger partial charge in [0.2, 0.25) is 0 Å². The zero-order chi connectivity index (χ0) is 13.1. The van der Waals surface area contributed by atoms with Crippen molar-refractivity contribution in [3.8, 4) is 0 Å². The number of aryl methyl sites for hydroxylation is 2. The van der Waals surface area contributed by atoms with Gasteiger partial charge in [-0.1, -0.05) is 12.1 Å². The van der Waals surface area contributed by atoms with Crippen LogP contribution >= 0.6 is 0 Å². The Morgan fingerprint density at radius 1 is 1.44 bits per heavy atom. The maximum atomic E-state index is 13.4. The van der Waals surface area contributed by atoms with Gasteiger partial charge in [-0.15, -0.1) is 0 Å². The third-order valence-corrected chi connectivity index (χ3v) is 2.64. The molecule has 0 aliphatic carbocycles. The summed E-state index contributed by atoms with van der Waals surface area (Å²) in [4.78, 5) is 11.9. The van der Waals surface area contributed by atoms with Gasteiger partial charge in [0.15, 0.2) is 5.69 Å². The molecule has 4 nitrogen and oxygen atoms in total. The summed E-state index contributed by atoms with van der Waals surface area (Å²) >= 11 is 0. The molecular weight excluding hydrogens is 233 g/mol. The van der Waals surface area contributed by atoms with Gasteiger partial charge in [0, 0.05) is 12.2 Å². The summed E-state index contributed by atoms with van der Waals surface area (Å²) in [5, 5.41) is 6.64. The van der Waals surface area contributed by atoms with E-state index < -0.39 is 11.7 Å². The standard InChI is InChI=1S/C13H14FN3O/c1-3-17-9(2)8-12(16-17)13(18)15-11-7-5-4-6-10(11)14/h4-8H,3H2,1-2H3,(H,15,18). The lowest BCUT2D eigenvalue weighted by atomic mass is 10.3. The van der Waals surface area contributed by atoms with Gasteiger partial charge >= 0.3 is 0 Å². The molecule has 0 atom stereocenters. The lowest BCUT2D eigenvalue weighted by Gasteiger charge is -2.03. The maximum Gasteiger partial charge on any atom is 0.276 e. The Balaban J connectivity index is 2.19. The van der Waals surface area contributed by atoms with Gasteiger partial charge in [0.05, 0.1) is 5.69 Å². The van der Waals surface area contributed by atoms with Crippen LogP contribution in [0, 0.1) is 12.7 Å². The van der Waals surface area contributed by atoms with Crippen molar-refractivity contribution in [3.05, 3.63) is 47.5 Å². The molecule has 0 bridgehead atoms. The molecule has 1 aromatic carbocycles. The summed E-state index contributed by atoms with van der Waals surface area (Å²) in [6.45, 7) is 4.51. The lowest BCUT2D eigenvalue weighted by Crippen LogP contribution is -2.14. The van der Waals surface area contributed by atoms with Crippen LogP contribution < -0.4 is 5.32 Å². The van der Waals surface area contributed by atoms with Crippen molar-refractivity contribution in [2.45, 2.75) is 20.4 Å². The minimum Gasteiger partial charge on any atom is -0.318 e. The van der Waals surface area contributed by atoms with E-state index in [1.807, 2.05) is 13.8 Å². The van der Waals surface area contributed by atoms with E-state index >= 15 is 0 Å². The molecule has 0 saturated heterocycles. The van der Waals surface area contributed by atoms with Gasteiger partial charge < -0.3 is 5.32 Å². The number of amides is 1. The van der Waals surface area contributed by atoms with Crippen molar-refractivity contribution in [2.24, 2.45) is 0 Å². The molecule has 94 valence electrons. The maximum absolute atomic E-state index is 13.4. The molecular formula is C13H14FN3O. The van der Waals surface area contributed by atoms with Crippen LogP contribution in [0.5, 0.6) is 0 Å². The van der Waals surface area contributed by atoms with E-state index in [9.17, 15) is 9.18 Å². The quantitative estimate of drug-likeness (QED) is 0.906. The van der Waals surface area contributed by atoms with Crippen LogP contribution in [0.3, 0.4) is 0 Å². The van der Waals surface area contributed by atoms with Crippen molar-refractivity contribution in [3.63, 3.8) is 0 Å². The molecule has 1 heterocycles. The largest absolute Gasteiger partial charge is 0.318 e. The molecule has 18 heavy (non-hydrogen) atoms. The molecule has 0 radical (unpaired) electrons. The SMILES string of the molecule is CCn1nc(C(=O)Nc2ccccc2F)cc1C. The predicted molar refractivity (Wildman–Crippen MR) is 67.0 cm³/mol. The number of nitrogens with zero attached hydrogens (tertiary/aromatic N) is 2. The molecule has 1 aromatic heterocycles. The van der Waals surface area contributed by atoms with Crippen LogP contribution in [0.4, 0.5) is 10.1 Å². The van der Waals surface area contributed by atoms with Crippen LogP contribution in [-0.2, 0) is 6.54 Å².